The highest BCUT2D eigenvalue weighted by molar-refractivity contribution is 9.10. The van der Waals surface area contributed by atoms with Gasteiger partial charge >= 0.3 is 0 Å². The average molecular weight is 342 g/mol. The predicted molar refractivity (Wildman–Crippen MR) is 82.9 cm³/mol. The third kappa shape index (κ3) is 4.19. The van der Waals surface area contributed by atoms with Gasteiger partial charge in [0, 0.05) is 43.4 Å². The maximum atomic E-state index is 11.5. The molecule has 0 bridgehead atoms. The van der Waals surface area contributed by atoms with Crippen LogP contribution in [0.1, 0.15) is 5.56 Å². The fourth-order valence-corrected chi connectivity index (χ4v) is 2.57. The van der Waals surface area contributed by atoms with E-state index in [9.17, 15) is 4.79 Å². The van der Waals surface area contributed by atoms with Gasteiger partial charge in [0.1, 0.15) is 0 Å². The lowest BCUT2D eigenvalue weighted by Gasteiger charge is -2.30. The molecule has 1 heterocycles. The Labute approximate surface area is 127 Å². The number of benzene rings is 1. The van der Waals surface area contributed by atoms with Crippen molar-refractivity contribution >= 4 is 27.5 Å². The van der Waals surface area contributed by atoms with Crippen molar-refractivity contribution in [3.8, 4) is 0 Å². The minimum absolute atomic E-state index is 0.0783. The Morgan fingerprint density at radius 1 is 1.50 bits per heavy atom. The van der Waals surface area contributed by atoms with E-state index in [1.54, 1.807) is 7.11 Å². The molecule has 5 nitrogen and oxygen atoms in total. The number of methoxy groups -OCH3 is 1. The van der Waals surface area contributed by atoms with Gasteiger partial charge in [0.25, 0.3) is 0 Å². The normalized spacial score (nSPS) is 15.3. The Kier molecular flexibility index (Phi) is 5.82. The Morgan fingerprint density at radius 2 is 2.35 bits per heavy atom. The fraction of sp³-hybridized carbons (Fsp3) is 0.500. The summed E-state index contributed by atoms with van der Waals surface area (Å²) in [6, 6.07) is 6.19. The van der Waals surface area contributed by atoms with E-state index in [2.05, 4.69) is 43.6 Å². The van der Waals surface area contributed by atoms with Crippen LogP contribution in [0.2, 0.25) is 0 Å². The van der Waals surface area contributed by atoms with Gasteiger partial charge in [-0.25, -0.2) is 0 Å². The number of piperazine rings is 1. The zero-order valence-electron chi connectivity index (χ0n) is 11.6. The third-order valence-electron chi connectivity index (χ3n) is 3.22. The zero-order valence-corrected chi connectivity index (χ0v) is 13.2. The summed E-state index contributed by atoms with van der Waals surface area (Å²) in [6.45, 7) is 4.23. The molecule has 1 aromatic carbocycles. The lowest BCUT2D eigenvalue weighted by atomic mass is 10.1. The third-order valence-corrected chi connectivity index (χ3v) is 3.72. The second-order valence-corrected chi connectivity index (χ2v) is 5.63. The predicted octanol–water partition coefficient (Wildman–Crippen LogP) is 1.12. The van der Waals surface area contributed by atoms with Gasteiger partial charge in [-0.1, -0.05) is 22.0 Å². The van der Waals surface area contributed by atoms with Crippen LogP contribution in [0.15, 0.2) is 22.7 Å². The average Bonchev–Trinajstić information content (AvgIpc) is 2.45. The van der Waals surface area contributed by atoms with Crippen LogP contribution in [-0.4, -0.2) is 45.8 Å². The Balaban J connectivity index is 2.08. The molecule has 110 valence electrons. The van der Waals surface area contributed by atoms with Gasteiger partial charge in [0.05, 0.1) is 13.2 Å². The zero-order chi connectivity index (χ0) is 14.4. The molecule has 0 unspecified atom stereocenters. The highest BCUT2D eigenvalue weighted by atomic mass is 79.9. The summed E-state index contributed by atoms with van der Waals surface area (Å²) in [5.74, 6) is 0.0783. The first kappa shape index (κ1) is 15.3. The van der Waals surface area contributed by atoms with Crippen LogP contribution in [0.3, 0.4) is 0 Å². The molecule has 1 aliphatic rings. The number of anilines is 1. The number of nitrogens with zero attached hydrogens (tertiary/aromatic N) is 1. The summed E-state index contributed by atoms with van der Waals surface area (Å²) in [7, 11) is 1.69. The van der Waals surface area contributed by atoms with E-state index in [1.165, 1.54) is 5.56 Å². The molecule has 0 aromatic heterocycles. The molecule has 0 radical (unpaired) electrons. The molecule has 0 atom stereocenters. The minimum Gasteiger partial charge on any atom is -0.383 e. The van der Waals surface area contributed by atoms with Crippen molar-refractivity contribution in [3.63, 3.8) is 0 Å². The summed E-state index contributed by atoms with van der Waals surface area (Å²) < 4.78 is 6.05. The molecule has 2 N–H and O–H groups in total. The summed E-state index contributed by atoms with van der Waals surface area (Å²) in [4.78, 5) is 13.7. The highest BCUT2D eigenvalue weighted by Gasteiger charge is 2.19. The smallest absolute Gasteiger partial charge is 0.239 e. The van der Waals surface area contributed by atoms with Crippen LogP contribution >= 0.6 is 15.9 Å². The van der Waals surface area contributed by atoms with Crippen molar-refractivity contribution < 1.29 is 9.53 Å². The van der Waals surface area contributed by atoms with E-state index in [1.807, 2.05) is 6.07 Å². The van der Waals surface area contributed by atoms with Crippen LogP contribution in [0.25, 0.3) is 0 Å². The Hall–Kier alpha value is -1.11. The van der Waals surface area contributed by atoms with Crippen LogP contribution in [0.4, 0.5) is 5.69 Å². The number of carbonyl (C=O) groups is 1. The Bertz CT molecular complexity index is 468. The van der Waals surface area contributed by atoms with Crippen molar-refractivity contribution in [2.24, 2.45) is 0 Å². The molecule has 0 saturated carbocycles. The fourth-order valence-electron chi connectivity index (χ4n) is 2.22. The first-order chi connectivity index (χ1) is 9.70. The molecule has 1 aromatic rings. The Morgan fingerprint density at radius 3 is 3.10 bits per heavy atom. The van der Waals surface area contributed by atoms with E-state index >= 15 is 0 Å². The molecule has 1 saturated heterocycles. The van der Waals surface area contributed by atoms with Gasteiger partial charge in [-0.05, 0) is 17.7 Å². The van der Waals surface area contributed by atoms with Gasteiger partial charge in [-0.2, -0.15) is 0 Å². The summed E-state index contributed by atoms with van der Waals surface area (Å²) in [5.41, 5.74) is 2.30. The van der Waals surface area contributed by atoms with Crippen molar-refractivity contribution in [1.82, 2.24) is 10.6 Å². The first-order valence-corrected chi connectivity index (χ1v) is 7.49. The van der Waals surface area contributed by atoms with Crippen molar-refractivity contribution in [3.05, 3.63) is 28.2 Å². The van der Waals surface area contributed by atoms with Gasteiger partial charge in [0.15, 0.2) is 0 Å². The standard InChI is InChI=1S/C14H20BrN3O2/c1-20-7-5-16-9-11-2-3-12(15)8-13(11)18-6-4-17-14(19)10-18/h2-3,8,16H,4-7,9-10H2,1H3,(H,17,19). The quantitative estimate of drug-likeness (QED) is 0.761. The molecular weight excluding hydrogens is 322 g/mol. The maximum Gasteiger partial charge on any atom is 0.239 e. The molecule has 0 spiro atoms. The maximum absolute atomic E-state index is 11.5. The molecule has 2 rings (SSSR count). The second kappa shape index (κ2) is 7.61. The highest BCUT2D eigenvalue weighted by Crippen LogP contribution is 2.25. The summed E-state index contributed by atoms with van der Waals surface area (Å²) in [5, 5.41) is 6.20. The summed E-state index contributed by atoms with van der Waals surface area (Å²) in [6.07, 6.45) is 0. The number of amides is 1. The van der Waals surface area contributed by atoms with E-state index in [0.717, 1.165) is 29.8 Å². The molecule has 20 heavy (non-hydrogen) atoms. The molecule has 1 aliphatic heterocycles. The van der Waals surface area contributed by atoms with Gasteiger partial charge in [-0.3, -0.25) is 4.79 Å². The van der Waals surface area contributed by atoms with E-state index in [-0.39, 0.29) is 5.91 Å². The van der Waals surface area contributed by atoms with E-state index < -0.39 is 0 Å². The first-order valence-electron chi connectivity index (χ1n) is 6.70. The van der Waals surface area contributed by atoms with Crippen molar-refractivity contribution in [2.75, 3.05) is 44.8 Å². The molecule has 6 heteroatoms. The SMILES string of the molecule is COCCNCc1ccc(Br)cc1N1CCNC(=O)C1. The van der Waals surface area contributed by atoms with Crippen molar-refractivity contribution in [1.29, 1.82) is 0 Å². The van der Waals surface area contributed by atoms with Crippen LogP contribution in [-0.2, 0) is 16.1 Å². The molecule has 1 fully saturated rings. The number of rotatable bonds is 6. The lowest BCUT2D eigenvalue weighted by Crippen LogP contribution is -2.48. The monoisotopic (exact) mass is 341 g/mol. The lowest BCUT2D eigenvalue weighted by molar-refractivity contribution is -0.120. The minimum atomic E-state index is 0.0783. The van der Waals surface area contributed by atoms with Crippen LogP contribution in [0.5, 0.6) is 0 Å². The topological polar surface area (TPSA) is 53.6 Å². The van der Waals surface area contributed by atoms with Crippen LogP contribution < -0.4 is 15.5 Å². The van der Waals surface area contributed by atoms with E-state index in [4.69, 9.17) is 4.74 Å². The van der Waals surface area contributed by atoms with Crippen LogP contribution in [0, 0.1) is 0 Å². The van der Waals surface area contributed by atoms with Crippen molar-refractivity contribution in [2.45, 2.75) is 6.54 Å². The largest absolute Gasteiger partial charge is 0.383 e. The summed E-state index contributed by atoms with van der Waals surface area (Å²) >= 11 is 3.50. The number of carbonyl (C=O) groups excluding carboxylic acids is 1. The number of halogens is 1. The number of ether oxygens (including phenoxy) is 1. The van der Waals surface area contributed by atoms with E-state index in [0.29, 0.717) is 19.7 Å². The number of hydrogen-bond donors (Lipinski definition) is 2. The molecule has 0 aliphatic carbocycles. The van der Waals surface area contributed by atoms with Gasteiger partial charge in [-0.15, -0.1) is 0 Å². The van der Waals surface area contributed by atoms with Gasteiger partial charge in [0.2, 0.25) is 5.91 Å². The molecule has 1 amide bonds. The number of nitrogens with one attached hydrogen (secondary N) is 2. The second-order valence-electron chi connectivity index (χ2n) is 4.71. The van der Waals surface area contributed by atoms with Gasteiger partial charge < -0.3 is 20.3 Å². The molecular formula is C14H20BrN3O2. The number of hydrogen-bond acceptors (Lipinski definition) is 4.